The van der Waals surface area contributed by atoms with Gasteiger partial charge in [-0.25, -0.2) is 13.6 Å². The molecule has 0 spiro atoms. The molecule has 37 heavy (non-hydrogen) atoms. The van der Waals surface area contributed by atoms with E-state index < -0.39 is 17.6 Å². The van der Waals surface area contributed by atoms with Gasteiger partial charge in [-0.3, -0.25) is 0 Å². The SMILES string of the molecule is C/C=C/CCc1ccc(OC(=O)c2cc(F)c(C3CCC4CC(CC/C=C/C)CCC4C3)c(F)c2)cc1. The third-order valence-corrected chi connectivity index (χ3v) is 8.39. The summed E-state index contributed by atoms with van der Waals surface area (Å²) in [6, 6.07) is 9.55. The lowest BCUT2D eigenvalue weighted by atomic mass is 9.63. The molecule has 0 aromatic heterocycles. The maximum Gasteiger partial charge on any atom is 0.343 e. The van der Waals surface area contributed by atoms with Crippen LogP contribution in [0.15, 0.2) is 60.7 Å². The third kappa shape index (κ3) is 7.18. The molecular weight excluding hydrogens is 466 g/mol. The highest BCUT2D eigenvalue weighted by molar-refractivity contribution is 5.91. The monoisotopic (exact) mass is 506 g/mol. The van der Waals surface area contributed by atoms with E-state index in [0.717, 1.165) is 68.6 Å². The fraction of sp³-hybridized carbons (Fsp3) is 0.485. The van der Waals surface area contributed by atoms with E-state index in [1.807, 2.05) is 25.1 Å². The van der Waals surface area contributed by atoms with Crippen LogP contribution in [-0.4, -0.2) is 5.97 Å². The molecule has 0 saturated heterocycles. The highest BCUT2D eigenvalue weighted by Gasteiger charge is 2.37. The van der Waals surface area contributed by atoms with Crippen LogP contribution in [0.25, 0.3) is 0 Å². The molecule has 2 fully saturated rings. The van der Waals surface area contributed by atoms with Gasteiger partial charge in [0.05, 0.1) is 5.56 Å². The zero-order chi connectivity index (χ0) is 26.2. The van der Waals surface area contributed by atoms with Crippen LogP contribution >= 0.6 is 0 Å². The summed E-state index contributed by atoms with van der Waals surface area (Å²) in [6.07, 6.45) is 19.0. The summed E-state index contributed by atoms with van der Waals surface area (Å²) in [4.78, 5) is 12.6. The number of rotatable bonds is 9. The minimum atomic E-state index is -0.744. The van der Waals surface area contributed by atoms with Crippen LogP contribution in [0.3, 0.4) is 0 Å². The zero-order valence-corrected chi connectivity index (χ0v) is 22.2. The van der Waals surface area contributed by atoms with E-state index in [0.29, 0.717) is 17.6 Å². The number of hydrogen-bond acceptors (Lipinski definition) is 2. The summed E-state index contributed by atoms with van der Waals surface area (Å²) in [5.41, 5.74) is 1.19. The van der Waals surface area contributed by atoms with Gasteiger partial charge in [0.25, 0.3) is 0 Å². The van der Waals surface area contributed by atoms with Gasteiger partial charge in [0.1, 0.15) is 17.4 Å². The fourth-order valence-electron chi connectivity index (χ4n) is 6.41. The molecule has 2 nitrogen and oxygen atoms in total. The van der Waals surface area contributed by atoms with Gasteiger partial charge in [0.15, 0.2) is 0 Å². The summed E-state index contributed by atoms with van der Waals surface area (Å²) >= 11 is 0. The zero-order valence-electron chi connectivity index (χ0n) is 22.2. The molecule has 198 valence electrons. The molecule has 0 N–H and O–H groups in total. The second kappa shape index (κ2) is 13.2. The van der Waals surface area contributed by atoms with Crippen molar-refractivity contribution in [1.29, 1.82) is 0 Å². The van der Waals surface area contributed by atoms with Crippen LogP contribution < -0.4 is 4.74 Å². The smallest absolute Gasteiger partial charge is 0.343 e. The number of aryl methyl sites for hydroxylation is 1. The van der Waals surface area contributed by atoms with Crippen molar-refractivity contribution in [2.75, 3.05) is 0 Å². The van der Waals surface area contributed by atoms with Crippen molar-refractivity contribution in [3.05, 3.63) is 89.0 Å². The molecule has 4 heteroatoms. The summed E-state index contributed by atoms with van der Waals surface area (Å²) < 4.78 is 35.8. The van der Waals surface area contributed by atoms with Gasteiger partial charge < -0.3 is 4.74 Å². The maximum absolute atomic E-state index is 15.2. The Labute approximate surface area is 220 Å². The van der Waals surface area contributed by atoms with Gasteiger partial charge in [0.2, 0.25) is 0 Å². The van der Waals surface area contributed by atoms with E-state index in [4.69, 9.17) is 4.74 Å². The van der Waals surface area contributed by atoms with E-state index in [2.05, 4.69) is 25.2 Å². The molecule has 2 aliphatic carbocycles. The molecule has 2 aromatic carbocycles. The quantitative estimate of drug-likeness (QED) is 0.192. The molecular formula is C33H40F2O2. The lowest BCUT2D eigenvalue weighted by molar-refractivity contribution is 0.0733. The molecule has 0 bridgehead atoms. The summed E-state index contributed by atoms with van der Waals surface area (Å²) in [7, 11) is 0. The molecule has 0 aliphatic heterocycles. The fourth-order valence-corrected chi connectivity index (χ4v) is 6.41. The highest BCUT2D eigenvalue weighted by Crippen LogP contribution is 2.49. The lowest BCUT2D eigenvalue weighted by Crippen LogP contribution is -2.31. The lowest BCUT2D eigenvalue weighted by Gasteiger charge is -2.42. The van der Waals surface area contributed by atoms with Gasteiger partial charge in [-0.2, -0.15) is 0 Å². The number of halogens is 2. The van der Waals surface area contributed by atoms with Gasteiger partial charge >= 0.3 is 5.97 Å². The number of ether oxygens (including phenoxy) is 1. The van der Waals surface area contributed by atoms with Crippen LogP contribution in [0, 0.1) is 29.4 Å². The van der Waals surface area contributed by atoms with E-state index >= 15 is 8.78 Å². The molecule has 4 atom stereocenters. The van der Waals surface area contributed by atoms with Gasteiger partial charge in [-0.15, -0.1) is 0 Å². The molecule has 4 rings (SSSR count). The number of benzene rings is 2. The maximum atomic E-state index is 15.2. The Kier molecular flexibility index (Phi) is 9.71. The minimum absolute atomic E-state index is 0.0915. The second-order valence-corrected chi connectivity index (χ2v) is 10.9. The van der Waals surface area contributed by atoms with E-state index in [-0.39, 0.29) is 17.0 Å². The van der Waals surface area contributed by atoms with E-state index in [1.165, 1.54) is 19.3 Å². The first-order valence-electron chi connectivity index (χ1n) is 14.0. The summed E-state index contributed by atoms with van der Waals surface area (Å²) in [6.45, 7) is 4.06. The van der Waals surface area contributed by atoms with Crippen molar-refractivity contribution in [3.63, 3.8) is 0 Å². The normalized spacial score (nSPS) is 23.9. The Morgan fingerprint density at radius 3 is 2.24 bits per heavy atom. The highest BCUT2D eigenvalue weighted by atomic mass is 19.1. The Balaban J connectivity index is 1.36. The first kappa shape index (κ1) is 27.3. The van der Waals surface area contributed by atoms with E-state index in [1.54, 1.807) is 12.1 Å². The van der Waals surface area contributed by atoms with Crippen molar-refractivity contribution in [2.24, 2.45) is 17.8 Å². The number of carbonyl (C=O) groups excluding carboxylic acids is 1. The average molecular weight is 507 g/mol. The molecule has 0 heterocycles. The van der Waals surface area contributed by atoms with E-state index in [9.17, 15) is 4.79 Å². The summed E-state index contributed by atoms with van der Waals surface area (Å²) in [5, 5.41) is 0. The molecule has 2 aromatic rings. The van der Waals surface area contributed by atoms with Crippen molar-refractivity contribution >= 4 is 5.97 Å². The van der Waals surface area contributed by atoms with Crippen LogP contribution in [0.5, 0.6) is 5.75 Å². The Morgan fingerprint density at radius 2 is 1.54 bits per heavy atom. The molecule has 0 radical (unpaired) electrons. The number of fused-ring (bicyclic) bond motifs is 1. The standard InChI is InChI=1S/C33H40F2O2/c1-3-5-7-9-23-12-17-29(18-13-23)37-33(36)28-21-30(34)32(31(35)22-28)27-16-15-25-19-24(10-8-6-4-2)11-14-26(25)20-27/h3-6,12-13,17-18,21-22,24-27H,7-11,14-16,19-20H2,1-2H3/b5-3+,6-4+. The predicted molar refractivity (Wildman–Crippen MR) is 146 cm³/mol. The Morgan fingerprint density at radius 1 is 0.892 bits per heavy atom. The van der Waals surface area contributed by atoms with Crippen molar-refractivity contribution < 1.29 is 18.3 Å². The summed E-state index contributed by atoms with van der Waals surface area (Å²) in [5.74, 6) is 0.236. The Hall–Kier alpha value is -2.75. The van der Waals surface area contributed by atoms with Crippen LogP contribution in [0.1, 0.15) is 99.0 Å². The number of carbonyl (C=O) groups is 1. The van der Waals surface area contributed by atoms with Crippen molar-refractivity contribution in [2.45, 2.75) is 84.0 Å². The van der Waals surface area contributed by atoms with Gasteiger partial charge in [-0.1, -0.05) is 42.9 Å². The first-order valence-corrected chi connectivity index (χ1v) is 14.0. The largest absolute Gasteiger partial charge is 0.423 e. The number of allylic oxidation sites excluding steroid dienone is 4. The number of hydrogen-bond donors (Lipinski definition) is 0. The first-order chi connectivity index (χ1) is 18.0. The molecule has 2 aliphatic rings. The van der Waals surface area contributed by atoms with Crippen molar-refractivity contribution in [3.8, 4) is 5.75 Å². The minimum Gasteiger partial charge on any atom is -0.423 e. The van der Waals surface area contributed by atoms with Gasteiger partial charge in [-0.05, 0) is 125 Å². The predicted octanol–water partition coefficient (Wildman–Crippen LogP) is 9.35. The van der Waals surface area contributed by atoms with Crippen LogP contribution in [-0.2, 0) is 6.42 Å². The van der Waals surface area contributed by atoms with Gasteiger partial charge in [0, 0.05) is 5.56 Å². The van der Waals surface area contributed by atoms with Crippen LogP contribution in [0.4, 0.5) is 8.78 Å². The second-order valence-electron chi connectivity index (χ2n) is 10.9. The topological polar surface area (TPSA) is 26.3 Å². The molecule has 0 amide bonds. The molecule has 4 unspecified atom stereocenters. The Bertz CT molecular complexity index is 1080. The third-order valence-electron chi connectivity index (χ3n) is 8.39. The molecule has 2 saturated carbocycles. The number of esters is 1. The van der Waals surface area contributed by atoms with Crippen molar-refractivity contribution in [1.82, 2.24) is 0 Å². The van der Waals surface area contributed by atoms with Crippen LogP contribution in [0.2, 0.25) is 0 Å². The average Bonchev–Trinajstić information content (AvgIpc) is 2.89.